The maximum atomic E-state index is 11.9. The van der Waals surface area contributed by atoms with Gasteiger partial charge in [0.25, 0.3) is 0 Å². The van der Waals surface area contributed by atoms with Crippen LogP contribution in [0.2, 0.25) is 0 Å². The number of aromatic nitrogens is 1. The molecule has 0 aliphatic carbocycles. The van der Waals surface area contributed by atoms with E-state index < -0.39 is 10.0 Å². The lowest BCUT2D eigenvalue weighted by molar-refractivity contribution is 0.217. The predicted octanol–water partition coefficient (Wildman–Crippen LogP) is 0.865. The van der Waals surface area contributed by atoms with Crippen LogP contribution in [-0.4, -0.2) is 30.3 Å². The fourth-order valence-electron chi connectivity index (χ4n) is 1.48. The van der Waals surface area contributed by atoms with Gasteiger partial charge in [-0.2, -0.15) is 4.31 Å². The SMILES string of the molecule is C[C@@H]1CCN1S(=O)(=O)c1cccnc1. The Morgan fingerprint density at radius 1 is 1.57 bits per heavy atom. The number of hydrogen-bond donors (Lipinski definition) is 0. The molecule has 1 aromatic rings. The minimum absolute atomic E-state index is 0.125. The lowest BCUT2D eigenvalue weighted by atomic mass is 10.1. The Hall–Kier alpha value is -0.940. The van der Waals surface area contributed by atoms with Crippen molar-refractivity contribution in [3.63, 3.8) is 0 Å². The number of nitrogens with zero attached hydrogens (tertiary/aromatic N) is 2. The molecule has 1 aliphatic heterocycles. The molecular weight excluding hydrogens is 200 g/mol. The fourth-order valence-corrected chi connectivity index (χ4v) is 3.13. The van der Waals surface area contributed by atoms with Crippen LogP contribution in [0.1, 0.15) is 13.3 Å². The van der Waals surface area contributed by atoms with Crippen molar-refractivity contribution in [1.82, 2.24) is 9.29 Å². The summed E-state index contributed by atoms with van der Waals surface area (Å²) in [6.07, 6.45) is 3.90. The van der Waals surface area contributed by atoms with Gasteiger partial charge in [-0.05, 0) is 25.5 Å². The summed E-state index contributed by atoms with van der Waals surface area (Å²) in [5, 5.41) is 0. The summed E-state index contributed by atoms with van der Waals surface area (Å²) < 4.78 is 25.3. The van der Waals surface area contributed by atoms with E-state index >= 15 is 0 Å². The smallest absolute Gasteiger partial charge is 0.244 e. The van der Waals surface area contributed by atoms with E-state index in [1.54, 1.807) is 18.3 Å². The standard InChI is InChI=1S/C9H12N2O2S/c1-8-4-6-11(8)14(12,13)9-3-2-5-10-7-9/h2-3,5,7-8H,4,6H2,1H3/t8-/m1/s1. The first-order valence-corrected chi connectivity index (χ1v) is 5.98. The normalized spacial score (nSPS) is 23.1. The molecule has 0 aromatic carbocycles. The molecule has 1 saturated heterocycles. The van der Waals surface area contributed by atoms with Crippen LogP contribution in [0.5, 0.6) is 0 Å². The molecular formula is C9H12N2O2S. The highest BCUT2D eigenvalue weighted by molar-refractivity contribution is 7.89. The monoisotopic (exact) mass is 212 g/mol. The summed E-state index contributed by atoms with van der Waals surface area (Å²) in [5.41, 5.74) is 0. The van der Waals surface area contributed by atoms with E-state index in [-0.39, 0.29) is 10.9 Å². The second-order valence-corrected chi connectivity index (χ2v) is 5.33. The Morgan fingerprint density at radius 3 is 2.79 bits per heavy atom. The fraction of sp³-hybridized carbons (Fsp3) is 0.444. The minimum Gasteiger partial charge on any atom is -0.263 e. The molecule has 5 heteroatoms. The first-order chi connectivity index (χ1) is 6.62. The van der Waals surface area contributed by atoms with E-state index in [4.69, 9.17) is 0 Å². The van der Waals surface area contributed by atoms with E-state index in [1.807, 2.05) is 6.92 Å². The zero-order valence-corrected chi connectivity index (χ0v) is 8.74. The summed E-state index contributed by atoms with van der Waals surface area (Å²) in [6, 6.07) is 3.34. The van der Waals surface area contributed by atoms with Gasteiger partial charge in [-0.15, -0.1) is 0 Å². The molecule has 0 bridgehead atoms. The third-order valence-corrected chi connectivity index (χ3v) is 4.50. The Balaban J connectivity index is 2.34. The Morgan fingerprint density at radius 2 is 2.36 bits per heavy atom. The quantitative estimate of drug-likeness (QED) is 0.730. The molecule has 76 valence electrons. The molecule has 4 nitrogen and oxygen atoms in total. The Labute approximate surface area is 83.6 Å². The molecule has 0 N–H and O–H groups in total. The van der Waals surface area contributed by atoms with Gasteiger partial charge in [-0.1, -0.05) is 0 Å². The summed E-state index contributed by atoms with van der Waals surface area (Å²) in [6.45, 7) is 2.54. The van der Waals surface area contributed by atoms with E-state index in [0.29, 0.717) is 6.54 Å². The first-order valence-electron chi connectivity index (χ1n) is 4.54. The van der Waals surface area contributed by atoms with Crippen molar-refractivity contribution in [2.75, 3.05) is 6.54 Å². The van der Waals surface area contributed by atoms with Crippen molar-refractivity contribution in [2.24, 2.45) is 0 Å². The van der Waals surface area contributed by atoms with Crippen LogP contribution in [0.4, 0.5) is 0 Å². The van der Waals surface area contributed by atoms with Gasteiger partial charge >= 0.3 is 0 Å². The number of pyridine rings is 1. The number of sulfonamides is 1. The third-order valence-electron chi connectivity index (χ3n) is 2.50. The maximum Gasteiger partial charge on any atom is 0.244 e. The second kappa shape index (κ2) is 3.33. The molecule has 14 heavy (non-hydrogen) atoms. The van der Waals surface area contributed by atoms with Crippen LogP contribution >= 0.6 is 0 Å². The number of hydrogen-bond acceptors (Lipinski definition) is 3. The van der Waals surface area contributed by atoms with Gasteiger partial charge < -0.3 is 0 Å². The van der Waals surface area contributed by atoms with Crippen molar-refractivity contribution in [2.45, 2.75) is 24.3 Å². The van der Waals surface area contributed by atoms with Gasteiger partial charge in [-0.3, -0.25) is 4.98 Å². The summed E-state index contributed by atoms with van der Waals surface area (Å²) in [7, 11) is -3.28. The first kappa shape index (κ1) is 9.61. The van der Waals surface area contributed by atoms with Crippen LogP contribution in [0.15, 0.2) is 29.4 Å². The highest BCUT2D eigenvalue weighted by Crippen LogP contribution is 2.25. The van der Waals surface area contributed by atoms with Crippen LogP contribution < -0.4 is 0 Å². The topological polar surface area (TPSA) is 50.3 Å². The highest BCUT2D eigenvalue weighted by Gasteiger charge is 2.35. The number of rotatable bonds is 2. The lowest BCUT2D eigenvalue weighted by Gasteiger charge is -2.37. The van der Waals surface area contributed by atoms with Crippen LogP contribution in [0.3, 0.4) is 0 Å². The molecule has 1 aromatic heterocycles. The third kappa shape index (κ3) is 1.42. The van der Waals surface area contributed by atoms with Crippen LogP contribution in [-0.2, 0) is 10.0 Å². The highest BCUT2D eigenvalue weighted by atomic mass is 32.2. The average molecular weight is 212 g/mol. The minimum atomic E-state index is -3.28. The van der Waals surface area contributed by atoms with E-state index in [9.17, 15) is 8.42 Å². The summed E-state index contributed by atoms with van der Waals surface area (Å²) >= 11 is 0. The van der Waals surface area contributed by atoms with E-state index in [2.05, 4.69) is 4.98 Å². The molecule has 1 aliphatic rings. The molecule has 1 fully saturated rings. The van der Waals surface area contributed by atoms with Gasteiger partial charge in [0.05, 0.1) is 0 Å². The van der Waals surface area contributed by atoms with Crippen molar-refractivity contribution >= 4 is 10.0 Å². The van der Waals surface area contributed by atoms with Gasteiger partial charge in [0.2, 0.25) is 10.0 Å². The molecule has 0 radical (unpaired) electrons. The van der Waals surface area contributed by atoms with Crippen molar-refractivity contribution in [3.8, 4) is 0 Å². The van der Waals surface area contributed by atoms with Crippen molar-refractivity contribution in [3.05, 3.63) is 24.5 Å². The van der Waals surface area contributed by atoms with Gasteiger partial charge in [-0.25, -0.2) is 8.42 Å². The lowest BCUT2D eigenvalue weighted by Crippen LogP contribution is -2.49. The van der Waals surface area contributed by atoms with Gasteiger partial charge in [0.15, 0.2) is 0 Å². The molecule has 2 heterocycles. The molecule has 0 amide bonds. The van der Waals surface area contributed by atoms with Crippen molar-refractivity contribution in [1.29, 1.82) is 0 Å². The second-order valence-electron chi connectivity index (χ2n) is 3.44. The predicted molar refractivity (Wildman–Crippen MR) is 52.2 cm³/mol. The largest absolute Gasteiger partial charge is 0.263 e. The maximum absolute atomic E-state index is 11.9. The van der Waals surface area contributed by atoms with Gasteiger partial charge in [0.1, 0.15) is 4.90 Å². The van der Waals surface area contributed by atoms with Crippen LogP contribution in [0.25, 0.3) is 0 Å². The summed E-state index contributed by atoms with van der Waals surface area (Å²) in [4.78, 5) is 4.09. The molecule has 1 atom stereocenters. The molecule has 2 rings (SSSR count). The van der Waals surface area contributed by atoms with Crippen LogP contribution in [0, 0.1) is 0 Å². The molecule has 0 unspecified atom stereocenters. The molecule has 0 saturated carbocycles. The Bertz CT molecular complexity index is 416. The van der Waals surface area contributed by atoms with E-state index in [1.165, 1.54) is 10.5 Å². The van der Waals surface area contributed by atoms with Crippen molar-refractivity contribution < 1.29 is 8.42 Å². The zero-order chi connectivity index (χ0) is 10.2. The van der Waals surface area contributed by atoms with E-state index in [0.717, 1.165) is 6.42 Å². The molecule has 0 spiro atoms. The van der Waals surface area contributed by atoms with Gasteiger partial charge in [0, 0.05) is 25.0 Å². The summed E-state index contributed by atoms with van der Waals surface area (Å²) in [5.74, 6) is 0. The average Bonchev–Trinajstić information content (AvgIpc) is 2.16. The zero-order valence-electron chi connectivity index (χ0n) is 7.92. The Kier molecular flexibility index (Phi) is 2.28.